The number of esters is 2. The quantitative estimate of drug-likeness (QED) is 0.500. The van der Waals surface area contributed by atoms with Crippen molar-refractivity contribution in [3.05, 3.63) is 12.2 Å². The van der Waals surface area contributed by atoms with E-state index in [9.17, 15) is 18.0 Å². The van der Waals surface area contributed by atoms with E-state index in [1.54, 1.807) is 4.31 Å². The van der Waals surface area contributed by atoms with Crippen molar-refractivity contribution in [2.24, 2.45) is 0 Å². The van der Waals surface area contributed by atoms with Gasteiger partial charge in [-0.05, 0) is 26.2 Å². The van der Waals surface area contributed by atoms with Crippen LogP contribution in [-0.2, 0) is 33.8 Å². The molecule has 4 fully saturated rings. The van der Waals surface area contributed by atoms with Crippen LogP contribution in [0, 0.1) is 0 Å². The molecule has 5 atom stereocenters. The number of nitrogens with zero attached hydrogens (tertiary/aromatic N) is 1. The maximum Gasteiger partial charge on any atom is 0.344 e. The molecule has 3 aliphatic heterocycles. The zero-order valence-corrected chi connectivity index (χ0v) is 16.2. The molecule has 27 heavy (non-hydrogen) atoms. The zero-order chi connectivity index (χ0) is 19.3. The van der Waals surface area contributed by atoms with E-state index in [2.05, 4.69) is 6.58 Å². The second kappa shape index (κ2) is 6.86. The first-order chi connectivity index (χ1) is 12.8. The molecule has 1 saturated carbocycles. The molecule has 0 N–H and O–H groups in total. The molecule has 0 spiro atoms. The molecule has 4 rings (SSSR count). The summed E-state index contributed by atoms with van der Waals surface area (Å²) in [5.41, 5.74) is 0.194. The van der Waals surface area contributed by atoms with Crippen molar-refractivity contribution >= 4 is 22.0 Å². The van der Waals surface area contributed by atoms with E-state index in [4.69, 9.17) is 14.2 Å². The van der Waals surface area contributed by atoms with Crippen LogP contribution in [0.2, 0.25) is 0 Å². The highest BCUT2D eigenvalue weighted by Gasteiger charge is 2.70. The van der Waals surface area contributed by atoms with Gasteiger partial charge in [0, 0.05) is 11.6 Å². The molecular weight excluding hydrogens is 374 g/mol. The summed E-state index contributed by atoms with van der Waals surface area (Å²) < 4.78 is 44.0. The second-order valence-electron chi connectivity index (χ2n) is 7.88. The van der Waals surface area contributed by atoms with Crippen molar-refractivity contribution in [3.8, 4) is 0 Å². The van der Waals surface area contributed by atoms with E-state index in [0.717, 1.165) is 32.1 Å². The lowest BCUT2D eigenvalue weighted by Crippen LogP contribution is -2.51. The first-order valence-corrected chi connectivity index (χ1v) is 11.0. The zero-order valence-electron chi connectivity index (χ0n) is 15.3. The van der Waals surface area contributed by atoms with Crippen molar-refractivity contribution in [1.82, 2.24) is 4.31 Å². The third-order valence-electron chi connectivity index (χ3n) is 6.04. The molecule has 0 aromatic carbocycles. The molecule has 5 unspecified atom stereocenters. The molecule has 0 amide bonds. The molecule has 3 heterocycles. The molecule has 8 nitrogen and oxygen atoms in total. The third-order valence-corrected chi connectivity index (χ3v) is 8.40. The van der Waals surface area contributed by atoms with Crippen LogP contribution < -0.4 is 0 Å². The Bertz CT molecular complexity index is 758. The van der Waals surface area contributed by atoms with Gasteiger partial charge >= 0.3 is 11.9 Å². The van der Waals surface area contributed by atoms with Gasteiger partial charge in [-0.25, -0.2) is 18.0 Å². The van der Waals surface area contributed by atoms with Crippen LogP contribution in [0.4, 0.5) is 0 Å². The molecule has 2 bridgehead atoms. The average Bonchev–Trinajstić information content (AvgIpc) is 3.24. The Morgan fingerprint density at radius 1 is 1.22 bits per heavy atom. The number of ether oxygens (including phenoxy) is 3. The van der Waals surface area contributed by atoms with Gasteiger partial charge in [0.25, 0.3) is 0 Å². The van der Waals surface area contributed by atoms with E-state index < -0.39 is 58.2 Å². The van der Waals surface area contributed by atoms with Crippen LogP contribution in [0.5, 0.6) is 0 Å². The standard InChI is InChI=1S/C18H25NO7S/c1-10(2)18(21)24-9-14(20)26-16-12-8-13-17(25-12)15(16)19(27(13,22)23)11-6-4-3-5-7-11/h11-13,15-17H,1,3-9H2,2H3. The lowest BCUT2D eigenvalue weighted by Gasteiger charge is -2.35. The Morgan fingerprint density at radius 2 is 1.93 bits per heavy atom. The first-order valence-electron chi connectivity index (χ1n) is 9.50. The van der Waals surface area contributed by atoms with Crippen molar-refractivity contribution in [1.29, 1.82) is 0 Å². The van der Waals surface area contributed by atoms with Gasteiger partial charge in [-0.1, -0.05) is 25.8 Å². The number of rotatable bonds is 5. The van der Waals surface area contributed by atoms with Crippen LogP contribution in [0.3, 0.4) is 0 Å². The minimum atomic E-state index is -3.46. The average molecular weight is 399 g/mol. The Labute approximate surface area is 158 Å². The van der Waals surface area contributed by atoms with Crippen LogP contribution in [0.25, 0.3) is 0 Å². The van der Waals surface area contributed by atoms with Gasteiger partial charge < -0.3 is 14.2 Å². The molecule has 150 valence electrons. The molecule has 3 saturated heterocycles. The van der Waals surface area contributed by atoms with Gasteiger partial charge in [0.05, 0.1) is 18.2 Å². The van der Waals surface area contributed by atoms with Crippen molar-refractivity contribution < 1.29 is 32.2 Å². The minimum absolute atomic E-state index is 0.0517. The Hall–Kier alpha value is -1.45. The van der Waals surface area contributed by atoms with E-state index >= 15 is 0 Å². The fourth-order valence-electron chi connectivity index (χ4n) is 4.90. The first kappa shape index (κ1) is 18.9. The SMILES string of the molecule is C=C(C)C(=O)OCC(=O)OC1C2CC3C(O2)C1N(C1CCCCC1)S3(=O)=O. The summed E-state index contributed by atoms with van der Waals surface area (Å²) in [5, 5.41) is -0.536. The summed E-state index contributed by atoms with van der Waals surface area (Å²) in [4.78, 5) is 23.6. The van der Waals surface area contributed by atoms with Gasteiger partial charge in [-0.2, -0.15) is 4.31 Å². The van der Waals surface area contributed by atoms with E-state index in [-0.39, 0.29) is 11.6 Å². The molecule has 0 aromatic rings. The van der Waals surface area contributed by atoms with Crippen molar-refractivity contribution in [2.45, 2.75) is 81.1 Å². The number of sulfonamides is 1. The van der Waals surface area contributed by atoms with Gasteiger partial charge in [-0.3, -0.25) is 0 Å². The third kappa shape index (κ3) is 3.09. The van der Waals surface area contributed by atoms with Gasteiger partial charge in [0.2, 0.25) is 10.0 Å². The van der Waals surface area contributed by atoms with Crippen molar-refractivity contribution in [2.75, 3.05) is 6.61 Å². The van der Waals surface area contributed by atoms with Crippen LogP contribution in [-0.4, -0.2) is 66.9 Å². The summed E-state index contributed by atoms with van der Waals surface area (Å²) in [6.07, 6.45) is 3.61. The maximum absolute atomic E-state index is 13.1. The molecular formula is C18H25NO7S. The lowest BCUT2D eigenvalue weighted by atomic mass is 9.89. The van der Waals surface area contributed by atoms with Gasteiger partial charge in [-0.15, -0.1) is 0 Å². The minimum Gasteiger partial charge on any atom is -0.455 e. The number of carbonyl (C=O) groups excluding carboxylic acids is 2. The van der Waals surface area contributed by atoms with Crippen LogP contribution in [0.1, 0.15) is 45.4 Å². The molecule has 1 aliphatic carbocycles. The maximum atomic E-state index is 13.1. The summed E-state index contributed by atoms with van der Waals surface area (Å²) in [5.74, 6) is -1.36. The molecule has 0 aromatic heterocycles. The topological polar surface area (TPSA) is 99.2 Å². The molecule has 0 radical (unpaired) electrons. The van der Waals surface area contributed by atoms with Crippen LogP contribution >= 0.6 is 0 Å². The fourth-order valence-corrected chi connectivity index (χ4v) is 7.41. The highest BCUT2D eigenvalue weighted by molar-refractivity contribution is 7.90. The van der Waals surface area contributed by atoms with E-state index in [1.807, 2.05) is 0 Å². The Kier molecular flexibility index (Phi) is 4.80. The van der Waals surface area contributed by atoms with E-state index in [0.29, 0.717) is 6.42 Å². The Morgan fingerprint density at radius 3 is 2.59 bits per heavy atom. The number of hydrogen-bond acceptors (Lipinski definition) is 7. The van der Waals surface area contributed by atoms with Gasteiger partial charge in [0.1, 0.15) is 11.4 Å². The number of hydrogen-bond donors (Lipinski definition) is 0. The summed E-state index contributed by atoms with van der Waals surface area (Å²) in [7, 11) is -3.46. The molecule has 4 aliphatic rings. The number of carbonyl (C=O) groups is 2. The molecule has 9 heteroatoms. The summed E-state index contributed by atoms with van der Waals surface area (Å²) in [6, 6.07) is -0.521. The normalized spacial score (nSPS) is 37.3. The smallest absolute Gasteiger partial charge is 0.344 e. The van der Waals surface area contributed by atoms with Gasteiger partial charge in [0.15, 0.2) is 6.61 Å². The highest BCUT2D eigenvalue weighted by Crippen LogP contribution is 2.51. The summed E-state index contributed by atoms with van der Waals surface area (Å²) in [6.45, 7) is 4.42. The highest BCUT2D eigenvalue weighted by atomic mass is 32.2. The van der Waals surface area contributed by atoms with Crippen molar-refractivity contribution in [3.63, 3.8) is 0 Å². The fraction of sp³-hybridized carbons (Fsp3) is 0.778. The summed E-state index contributed by atoms with van der Waals surface area (Å²) >= 11 is 0. The lowest BCUT2D eigenvalue weighted by molar-refractivity contribution is -0.163. The monoisotopic (exact) mass is 399 g/mol. The Balaban J connectivity index is 1.49. The van der Waals surface area contributed by atoms with E-state index in [1.165, 1.54) is 6.92 Å². The second-order valence-corrected chi connectivity index (χ2v) is 9.94. The predicted octanol–water partition coefficient (Wildman–Crippen LogP) is 0.904. The largest absolute Gasteiger partial charge is 0.455 e. The van der Waals surface area contributed by atoms with Crippen LogP contribution in [0.15, 0.2) is 12.2 Å². The predicted molar refractivity (Wildman–Crippen MR) is 94.1 cm³/mol. The number of fused-ring (bicyclic) bond motifs is 1.